The second-order valence-electron chi connectivity index (χ2n) is 2.86. The van der Waals surface area contributed by atoms with Crippen molar-refractivity contribution in [1.82, 2.24) is 0 Å². The predicted octanol–water partition coefficient (Wildman–Crippen LogP) is 2.61. The first-order valence-corrected chi connectivity index (χ1v) is 3.84. The summed E-state index contributed by atoms with van der Waals surface area (Å²) in [4.78, 5) is 0. The van der Waals surface area contributed by atoms with Crippen molar-refractivity contribution in [2.75, 3.05) is 0 Å². The van der Waals surface area contributed by atoms with Crippen LogP contribution in [-0.2, 0) is 5.60 Å². The third-order valence-corrected chi connectivity index (χ3v) is 1.91. The Labute approximate surface area is 78.7 Å². The maximum absolute atomic E-state index is 12.5. The maximum atomic E-state index is 12.5. The Hall–Kier alpha value is -1.23. The van der Waals surface area contributed by atoms with Crippen LogP contribution in [0.15, 0.2) is 35.7 Å². The lowest BCUT2D eigenvalue weighted by molar-refractivity contribution is -0.265. The van der Waals surface area contributed by atoms with Crippen LogP contribution >= 0.6 is 0 Å². The Morgan fingerprint density at radius 1 is 1.50 bits per heavy atom. The molecule has 78 valence electrons. The van der Waals surface area contributed by atoms with Crippen molar-refractivity contribution < 1.29 is 22.7 Å². The van der Waals surface area contributed by atoms with Crippen molar-refractivity contribution in [1.29, 1.82) is 0 Å². The quantitative estimate of drug-likeness (QED) is 0.771. The highest BCUT2D eigenvalue weighted by Crippen LogP contribution is 2.41. The molecule has 0 aliphatic carbocycles. The number of alkyl halides is 3. The molecule has 0 saturated carbocycles. The average molecular weight is 206 g/mol. The van der Waals surface area contributed by atoms with E-state index < -0.39 is 18.2 Å². The van der Waals surface area contributed by atoms with Gasteiger partial charge in [0.05, 0.1) is 12.5 Å². The SMILES string of the molecule is C=CC[C@@](O)(c1ccoc1)C(F)(F)F. The van der Waals surface area contributed by atoms with Gasteiger partial charge < -0.3 is 9.52 Å². The molecule has 5 heteroatoms. The molecule has 1 rings (SSSR count). The predicted molar refractivity (Wildman–Crippen MR) is 43.5 cm³/mol. The van der Waals surface area contributed by atoms with Crippen LogP contribution in [0.2, 0.25) is 0 Å². The van der Waals surface area contributed by atoms with Crippen molar-refractivity contribution in [3.63, 3.8) is 0 Å². The fourth-order valence-corrected chi connectivity index (χ4v) is 1.11. The van der Waals surface area contributed by atoms with E-state index in [1.165, 1.54) is 0 Å². The standard InChI is InChI=1S/C9H9F3O2/c1-2-4-8(13,9(10,11)12)7-3-5-14-6-7/h2-3,5-6,13H,1,4H2/t8-/m1/s1. The Morgan fingerprint density at radius 3 is 2.50 bits per heavy atom. The molecule has 1 N–H and O–H groups in total. The third kappa shape index (κ3) is 1.68. The Balaban J connectivity index is 3.11. The van der Waals surface area contributed by atoms with Crippen molar-refractivity contribution in [2.24, 2.45) is 0 Å². The lowest BCUT2D eigenvalue weighted by atomic mass is 9.92. The van der Waals surface area contributed by atoms with Gasteiger partial charge in [0.1, 0.15) is 0 Å². The first kappa shape index (κ1) is 10.8. The molecule has 0 unspecified atom stereocenters. The van der Waals surface area contributed by atoms with Gasteiger partial charge in [0.2, 0.25) is 0 Å². The van der Waals surface area contributed by atoms with Crippen LogP contribution in [0.1, 0.15) is 12.0 Å². The van der Waals surface area contributed by atoms with Crippen molar-refractivity contribution in [3.05, 3.63) is 36.8 Å². The molecule has 0 aromatic carbocycles. The number of aliphatic hydroxyl groups is 1. The molecule has 1 aromatic rings. The highest BCUT2D eigenvalue weighted by molar-refractivity contribution is 5.20. The maximum Gasteiger partial charge on any atom is 0.421 e. The zero-order valence-electron chi connectivity index (χ0n) is 7.21. The van der Waals surface area contributed by atoms with Gasteiger partial charge in [0.15, 0.2) is 5.60 Å². The molecule has 0 aliphatic heterocycles. The van der Waals surface area contributed by atoms with Gasteiger partial charge in [-0.15, -0.1) is 6.58 Å². The molecule has 0 aliphatic rings. The van der Waals surface area contributed by atoms with Crippen LogP contribution in [0.4, 0.5) is 13.2 Å². The minimum absolute atomic E-state index is 0.315. The summed E-state index contributed by atoms with van der Waals surface area (Å²) >= 11 is 0. The normalized spacial score (nSPS) is 16.3. The molecule has 1 atom stereocenters. The smallest absolute Gasteiger partial charge is 0.421 e. The van der Waals surface area contributed by atoms with Crippen molar-refractivity contribution in [3.8, 4) is 0 Å². The van der Waals surface area contributed by atoms with E-state index in [4.69, 9.17) is 0 Å². The average Bonchev–Trinajstić information content (AvgIpc) is 2.54. The molecule has 0 fully saturated rings. The summed E-state index contributed by atoms with van der Waals surface area (Å²) in [6, 6.07) is 1.08. The van der Waals surface area contributed by atoms with Crippen molar-refractivity contribution >= 4 is 0 Å². The Bertz CT molecular complexity index is 302. The van der Waals surface area contributed by atoms with Gasteiger partial charge in [-0.1, -0.05) is 6.08 Å². The number of halogens is 3. The van der Waals surface area contributed by atoms with Crippen LogP contribution in [0.25, 0.3) is 0 Å². The summed E-state index contributed by atoms with van der Waals surface area (Å²) in [7, 11) is 0. The minimum Gasteiger partial charge on any atom is -0.472 e. The van der Waals surface area contributed by atoms with E-state index in [1.54, 1.807) is 0 Å². The summed E-state index contributed by atoms with van der Waals surface area (Å²) in [5.41, 5.74) is -3.22. The lowest BCUT2D eigenvalue weighted by Crippen LogP contribution is -2.41. The van der Waals surface area contributed by atoms with Gasteiger partial charge in [-0.05, 0) is 6.07 Å². The number of hydrogen-bond acceptors (Lipinski definition) is 2. The first-order valence-electron chi connectivity index (χ1n) is 3.84. The highest BCUT2D eigenvalue weighted by atomic mass is 19.4. The number of furan rings is 1. The van der Waals surface area contributed by atoms with E-state index in [1.807, 2.05) is 0 Å². The van der Waals surface area contributed by atoms with E-state index in [9.17, 15) is 18.3 Å². The fourth-order valence-electron chi connectivity index (χ4n) is 1.11. The summed E-state index contributed by atoms with van der Waals surface area (Å²) < 4.78 is 42.1. The summed E-state index contributed by atoms with van der Waals surface area (Å²) in [5, 5.41) is 9.45. The first-order chi connectivity index (χ1) is 6.42. The molecule has 0 saturated heterocycles. The van der Waals surface area contributed by atoms with E-state index >= 15 is 0 Å². The zero-order valence-corrected chi connectivity index (χ0v) is 7.21. The van der Waals surface area contributed by atoms with Gasteiger partial charge in [-0.2, -0.15) is 13.2 Å². The van der Waals surface area contributed by atoms with Crippen LogP contribution < -0.4 is 0 Å². The molecule has 1 heterocycles. The zero-order chi connectivity index (χ0) is 10.8. The van der Waals surface area contributed by atoms with Gasteiger partial charge in [-0.25, -0.2) is 0 Å². The second-order valence-corrected chi connectivity index (χ2v) is 2.86. The Morgan fingerprint density at radius 2 is 2.14 bits per heavy atom. The molecular formula is C9H9F3O2. The van der Waals surface area contributed by atoms with Gasteiger partial charge in [0, 0.05) is 12.0 Å². The van der Waals surface area contributed by atoms with E-state index in [-0.39, 0.29) is 5.56 Å². The van der Waals surface area contributed by atoms with E-state index in [2.05, 4.69) is 11.0 Å². The van der Waals surface area contributed by atoms with Crippen molar-refractivity contribution in [2.45, 2.75) is 18.2 Å². The van der Waals surface area contributed by atoms with E-state index in [0.29, 0.717) is 0 Å². The fraction of sp³-hybridized carbons (Fsp3) is 0.333. The minimum atomic E-state index is -4.74. The summed E-state index contributed by atoms with van der Waals surface area (Å²) in [5.74, 6) is 0. The van der Waals surface area contributed by atoms with Crippen LogP contribution in [0, 0.1) is 0 Å². The van der Waals surface area contributed by atoms with Gasteiger partial charge in [-0.3, -0.25) is 0 Å². The van der Waals surface area contributed by atoms with Crippen LogP contribution in [-0.4, -0.2) is 11.3 Å². The molecule has 0 spiro atoms. The molecule has 14 heavy (non-hydrogen) atoms. The molecule has 0 bridgehead atoms. The largest absolute Gasteiger partial charge is 0.472 e. The number of hydrogen-bond donors (Lipinski definition) is 1. The van der Waals surface area contributed by atoms with Gasteiger partial charge in [0.25, 0.3) is 0 Å². The number of rotatable bonds is 3. The van der Waals surface area contributed by atoms with Crippen LogP contribution in [0.5, 0.6) is 0 Å². The molecule has 2 nitrogen and oxygen atoms in total. The topological polar surface area (TPSA) is 33.4 Å². The second kappa shape index (κ2) is 3.49. The molecule has 1 aromatic heterocycles. The molecule has 0 amide bonds. The summed E-state index contributed by atoms with van der Waals surface area (Å²) in [6.07, 6.45) is -2.38. The molecule has 0 radical (unpaired) electrons. The van der Waals surface area contributed by atoms with E-state index in [0.717, 1.165) is 24.7 Å². The van der Waals surface area contributed by atoms with Gasteiger partial charge >= 0.3 is 6.18 Å². The molecular weight excluding hydrogens is 197 g/mol. The monoisotopic (exact) mass is 206 g/mol. The highest BCUT2D eigenvalue weighted by Gasteiger charge is 2.54. The van der Waals surface area contributed by atoms with Crippen LogP contribution in [0.3, 0.4) is 0 Å². The third-order valence-electron chi connectivity index (χ3n) is 1.91. The lowest BCUT2D eigenvalue weighted by Gasteiger charge is -2.28. The Kier molecular flexibility index (Phi) is 2.71. The summed E-state index contributed by atoms with van der Waals surface area (Å²) in [6.45, 7) is 3.18.